The van der Waals surface area contributed by atoms with Crippen LogP contribution in [0.2, 0.25) is 0 Å². The average Bonchev–Trinajstić information content (AvgIpc) is 2.16. The van der Waals surface area contributed by atoms with Crippen LogP contribution in [-0.4, -0.2) is 13.6 Å². The Bertz CT molecular complexity index is 335. The summed E-state index contributed by atoms with van der Waals surface area (Å²) in [5.41, 5.74) is 0.512. The summed E-state index contributed by atoms with van der Waals surface area (Å²) >= 11 is 0. The first-order valence-electron chi connectivity index (χ1n) is 4.63. The number of benzene rings is 1. The largest absolute Gasteiger partial charge is 1.00 e. The zero-order valence-electron chi connectivity index (χ0n) is 9.29. The molecule has 0 bridgehead atoms. The van der Waals surface area contributed by atoms with Crippen molar-refractivity contribution >= 4 is 13.1 Å². The summed E-state index contributed by atoms with van der Waals surface area (Å²) in [4.78, 5) is 0. The van der Waals surface area contributed by atoms with Crippen molar-refractivity contribution in [2.45, 2.75) is 6.92 Å². The second-order valence-electron chi connectivity index (χ2n) is 2.99. The van der Waals surface area contributed by atoms with Crippen LogP contribution in [0, 0.1) is 0 Å². The molecule has 0 aromatic heterocycles. The van der Waals surface area contributed by atoms with E-state index in [1.165, 1.54) is 0 Å². The van der Waals surface area contributed by atoms with Gasteiger partial charge in [0.05, 0.1) is 6.61 Å². The Balaban J connectivity index is 0.00000225. The maximum atomic E-state index is 11.9. The first kappa shape index (κ1) is 16.3. The van der Waals surface area contributed by atoms with Gasteiger partial charge >= 0.3 is 58.4 Å². The summed E-state index contributed by atoms with van der Waals surface area (Å²) in [5, 5.41) is 0. The van der Waals surface area contributed by atoms with Crippen LogP contribution in [0.3, 0.4) is 0 Å². The number of ether oxygens (including phenoxy) is 1. The van der Waals surface area contributed by atoms with Gasteiger partial charge in [0.25, 0.3) is 0 Å². The fourth-order valence-corrected chi connectivity index (χ4v) is 1.06. The third-order valence-corrected chi connectivity index (χ3v) is 1.70. The van der Waals surface area contributed by atoms with Gasteiger partial charge < -0.3 is 17.7 Å². The summed E-state index contributed by atoms with van der Waals surface area (Å²) < 4.78 is 40.8. The summed E-state index contributed by atoms with van der Waals surface area (Å²) in [6, 6.07) is 6.46. The third kappa shape index (κ3) is 6.75. The summed E-state index contributed by atoms with van der Waals surface area (Å²) in [6.07, 6.45) is 1.05. The van der Waals surface area contributed by atoms with Gasteiger partial charge in [-0.15, -0.1) is 5.98 Å². The third-order valence-electron chi connectivity index (χ3n) is 1.70. The predicted molar refractivity (Wildman–Crippen MR) is 55.7 cm³/mol. The standard InChI is InChI=1S/C10H11BF3O.K/c1-2-15-10-5-3-9(4-6-10)7-8-11(12,13)14;/h3-8H,2H2,1H3;/q-1;+1/b8-7+;. The van der Waals surface area contributed by atoms with E-state index in [1.807, 2.05) is 6.92 Å². The predicted octanol–water partition coefficient (Wildman–Crippen LogP) is 0.489. The maximum absolute atomic E-state index is 11.9. The van der Waals surface area contributed by atoms with Crippen molar-refractivity contribution in [1.29, 1.82) is 0 Å². The molecule has 16 heavy (non-hydrogen) atoms. The number of rotatable bonds is 4. The molecule has 0 aliphatic carbocycles. The molecule has 0 amide bonds. The van der Waals surface area contributed by atoms with Crippen molar-refractivity contribution < 1.29 is 69.1 Å². The molecule has 1 aromatic rings. The average molecular weight is 254 g/mol. The van der Waals surface area contributed by atoms with Crippen LogP contribution in [0.15, 0.2) is 30.2 Å². The Morgan fingerprint density at radius 2 is 1.75 bits per heavy atom. The Hall–Kier alpha value is 0.251. The molecule has 1 nitrogen and oxygen atoms in total. The molecule has 0 spiro atoms. The minimum Gasteiger partial charge on any atom is -0.494 e. The second kappa shape index (κ2) is 7.55. The van der Waals surface area contributed by atoms with Gasteiger partial charge in [0.15, 0.2) is 0 Å². The van der Waals surface area contributed by atoms with Crippen molar-refractivity contribution in [3.05, 3.63) is 35.8 Å². The van der Waals surface area contributed by atoms with E-state index in [4.69, 9.17) is 4.74 Å². The Kier molecular flexibility index (Phi) is 7.67. The van der Waals surface area contributed by atoms with Crippen LogP contribution in [-0.2, 0) is 0 Å². The van der Waals surface area contributed by atoms with Gasteiger partial charge in [-0.25, -0.2) is 0 Å². The molecule has 0 unspecified atom stereocenters. The quantitative estimate of drug-likeness (QED) is 0.710. The SMILES string of the molecule is CCOc1ccc(/C=C/[B-](F)(F)F)cc1.[K+]. The molecule has 0 radical (unpaired) electrons. The van der Waals surface area contributed by atoms with E-state index in [2.05, 4.69) is 0 Å². The topological polar surface area (TPSA) is 9.23 Å². The van der Waals surface area contributed by atoms with E-state index in [9.17, 15) is 12.9 Å². The van der Waals surface area contributed by atoms with Crippen molar-refractivity contribution in [2.24, 2.45) is 0 Å². The summed E-state index contributed by atoms with van der Waals surface area (Å²) in [7, 11) is 0. The molecule has 0 N–H and O–H groups in total. The molecule has 82 valence electrons. The van der Waals surface area contributed by atoms with E-state index >= 15 is 0 Å². The second-order valence-corrected chi connectivity index (χ2v) is 2.99. The van der Waals surface area contributed by atoms with Gasteiger partial charge in [0.1, 0.15) is 5.75 Å². The number of hydrogen-bond acceptors (Lipinski definition) is 1. The first-order chi connectivity index (χ1) is 7.01. The molecule has 0 saturated heterocycles. The fourth-order valence-electron chi connectivity index (χ4n) is 1.06. The molecule has 6 heteroatoms. The summed E-state index contributed by atoms with van der Waals surface area (Å²) in [6.45, 7) is -2.47. The van der Waals surface area contributed by atoms with Crippen LogP contribution in [0.5, 0.6) is 5.75 Å². The molecular formula is C10H11BF3KO. The van der Waals surface area contributed by atoms with E-state index < -0.39 is 6.98 Å². The van der Waals surface area contributed by atoms with Crippen LogP contribution in [0.4, 0.5) is 12.9 Å². The van der Waals surface area contributed by atoms with E-state index in [-0.39, 0.29) is 57.4 Å². The van der Waals surface area contributed by atoms with Crippen molar-refractivity contribution in [1.82, 2.24) is 0 Å². The van der Waals surface area contributed by atoms with Crippen LogP contribution < -0.4 is 56.1 Å². The minimum absolute atomic E-state index is 0. The Morgan fingerprint density at radius 1 is 1.19 bits per heavy atom. The molecule has 1 rings (SSSR count). The molecule has 0 aliphatic rings. The zero-order chi connectivity index (χ0) is 11.3. The van der Waals surface area contributed by atoms with Gasteiger partial charge in [-0.1, -0.05) is 18.2 Å². The van der Waals surface area contributed by atoms with Crippen LogP contribution in [0.1, 0.15) is 12.5 Å². The van der Waals surface area contributed by atoms with Crippen molar-refractivity contribution in [3.8, 4) is 5.75 Å². The first-order valence-corrected chi connectivity index (χ1v) is 4.63. The number of hydrogen-bond donors (Lipinski definition) is 0. The molecule has 0 atom stereocenters. The van der Waals surface area contributed by atoms with Gasteiger partial charge in [-0.05, 0) is 24.6 Å². The Morgan fingerprint density at radius 3 is 2.19 bits per heavy atom. The normalized spacial score (nSPS) is 11.2. The molecule has 1 aromatic carbocycles. The van der Waals surface area contributed by atoms with Crippen LogP contribution in [0.25, 0.3) is 6.08 Å². The van der Waals surface area contributed by atoms with Crippen LogP contribution >= 0.6 is 0 Å². The smallest absolute Gasteiger partial charge is 0.494 e. The molecule has 0 saturated carbocycles. The number of halogens is 3. The Labute approximate surface area is 136 Å². The molecule has 0 aliphatic heterocycles. The van der Waals surface area contributed by atoms with Crippen molar-refractivity contribution in [2.75, 3.05) is 6.61 Å². The summed E-state index contributed by atoms with van der Waals surface area (Å²) in [5.74, 6) is 0.933. The fraction of sp³-hybridized carbons (Fsp3) is 0.200. The molecule has 0 fully saturated rings. The molecule has 0 heterocycles. The van der Waals surface area contributed by atoms with Gasteiger partial charge in [0, 0.05) is 0 Å². The van der Waals surface area contributed by atoms with E-state index in [0.717, 1.165) is 6.08 Å². The van der Waals surface area contributed by atoms with Crippen molar-refractivity contribution in [3.63, 3.8) is 0 Å². The molecular weight excluding hydrogens is 243 g/mol. The van der Waals surface area contributed by atoms with Gasteiger partial charge in [-0.2, -0.15) is 0 Å². The van der Waals surface area contributed by atoms with Gasteiger partial charge in [0.2, 0.25) is 0 Å². The zero-order valence-corrected chi connectivity index (χ0v) is 12.4. The van der Waals surface area contributed by atoms with E-state index in [0.29, 0.717) is 17.9 Å². The van der Waals surface area contributed by atoms with Gasteiger partial charge in [-0.3, -0.25) is 0 Å². The minimum atomic E-state index is -4.86. The van der Waals surface area contributed by atoms with E-state index in [1.54, 1.807) is 24.3 Å². The monoisotopic (exact) mass is 254 g/mol. The maximum Gasteiger partial charge on any atom is 1.00 e.